The van der Waals surface area contributed by atoms with Crippen molar-refractivity contribution < 1.29 is 4.53 Å². The van der Waals surface area contributed by atoms with Crippen LogP contribution in [0.2, 0.25) is 19.6 Å². The fraction of sp³-hybridized carbons (Fsp3) is 0.750. The van der Waals surface area contributed by atoms with Crippen molar-refractivity contribution in [3.05, 3.63) is 0 Å². The summed E-state index contributed by atoms with van der Waals surface area (Å²) in [4.78, 5) is 0. The molecule has 0 bridgehead atoms. The third-order valence-electron chi connectivity index (χ3n) is 1.08. The fourth-order valence-electron chi connectivity index (χ4n) is 0.449. The van der Waals surface area contributed by atoms with Crippen LogP contribution in [-0.4, -0.2) is 14.5 Å². The standard InChI is InChI=1S/C8H16N2OSi/c1-8(7-9)5-6-10-11-12(2,3)4/h6,8H,5H2,1-4H3. The van der Waals surface area contributed by atoms with E-state index < -0.39 is 8.32 Å². The van der Waals surface area contributed by atoms with Crippen LogP contribution in [0, 0.1) is 17.2 Å². The average molecular weight is 184 g/mol. The minimum absolute atomic E-state index is 0.0268. The topological polar surface area (TPSA) is 45.4 Å². The first-order chi connectivity index (χ1) is 5.45. The van der Waals surface area contributed by atoms with Crippen LogP contribution in [0.5, 0.6) is 0 Å². The predicted octanol–water partition coefficient (Wildman–Crippen LogP) is 2.37. The molecule has 0 spiro atoms. The molecular weight excluding hydrogens is 168 g/mol. The monoisotopic (exact) mass is 184 g/mol. The highest BCUT2D eigenvalue weighted by Crippen LogP contribution is 2.03. The molecule has 0 saturated carbocycles. The quantitative estimate of drug-likeness (QED) is 0.382. The van der Waals surface area contributed by atoms with Crippen molar-refractivity contribution in [1.29, 1.82) is 5.26 Å². The van der Waals surface area contributed by atoms with Crippen molar-refractivity contribution in [2.45, 2.75) is 33.0 Å². The molecule has 0 N–H and O–H groups in total. The maximum Gasteiger partial charge on any atom is 0.278 e. The Balaban J connectivity index is 3.59. The molecule has 0 fully saturated rings. The molecule has 3 nitrogen and oxygen atoms in total. The zero-order valence-corrected chi connectivity index (χ0v) is 9.16. The van der Waals surface area contributed by atoms with E-state index in [0.717, 1.165) is 0 Å². The third-order valence-corrected chi connectivity index (χ3v) is 1.73. The van der Waals surface area contributed by atoms with Crippen molar-refractivity contribution in [3.8, 4) is 6.07 Å². The van der Waals surface area contributed by atoms with E-state index >= 15 is 0 Å². The Morgan fingerprint density at radius 2 is 2.17 bits per heavy atom. The largest absolute Gasteiger partial charge is 0.456 e. The molecule has 0 aliphatic heterocycles. The Morgan fingerprint density at radius 3 is 2.58 bits per heavy atom. The van der Waals surface area contributed by atoms with Crippen molar-refractivity contribution in [2.75, 3.05) is 0 Å². The molecule has 1 atom stereocenters. The van der Waals surface area contributed by atoms with Gasteiger partial charge in [0.1, 0.15) is 0 Å². The van der Waals surface area contributed by atoms with Crippen LogP contribution < -0.4 is 0 Å². The first-order valence-corrected chi connectivity index (χ1v) is 7.46. The lowest BCUT2D eigenvalue weighted by atomic mass is 10.1. The summed E-state index contributed by atoms with van der Waals surface area (Å²) in [5.74, 6) is 0.0268. The van der Waals surface area contributed by atoms with Crippen molar-refractivity contribution in [1.82, 2.24) is 0 Å². The van der Waals surface area contributed by atoms with Crippen LogP contribution in [0.25, 0.3) is 0 Å². The van der Waals surface area contributed by atoms with E-state index in [9.17, 15) is 0 Å². The molecule has 0 radical (unpaired) electrons. The van der Waals surface area contributed by atoms with Gasteiger partial charge in [0.15, 0.2) is 0 Å². The summed E-state index contributed by atoms with van der Waals surface area (Å²) in [5, 5.41) is 12.3. The summed E-state index contributed by atoms with van der Waals surface area (Å²) < 4.78 is 5.22. The number of hydrogen-bond acceptors (Lipinski definition) is 3. The van der Waals surface area contributed by atoms with Gasteiger partial charge in [-0.3, -0.25) is 0 Å². The van der Waals surface area contributed by atoms with E-state index in [1.54, 1.807) is 6.21 Å². The van der Waals surface area contributed by atoms with E-state index in [1.165, 1.54) is 0 Å². The van der Waals surface area contributed by atoms with Gasteiger partial charge in [-0.05, 0) is 26.6 Å². The maximum absolute atomic E-state index is 8.45. The molecular formula is C8H16N2OSi. The van der Waals surface area contributed by atoms with Gasteiger partial charge in [0.05, 0.1) is 6.07 Å². The molecule has 0 aromatic rings. The van der Waals surface area contributed by atoms with Gasteiger partial charge in [0.2, 0.25) is 0 Å². The number of nitrogens with zero attached hydrogens (tertiary/aromatic N) is 2. The van der Waals surface area contributed by atoms with E-state index in [0.29, 0.717) is 6.42 Å². The second-order valence-corrected chi connectivity index (χ2v) is 8.16. The van der Waals surface area contributed by atoms with Crippen molar-refractivity contribution >= 4 is 14.5 Å². The first-order valence-electron chi connectivity index (χ1n) is 4.05. The second kappa shape index (κ2) is 4.94. The Hall–Kier alpha value is -0.823. The Kier molecular flexibility index (Phi) is 4.60. The van der Waals surface area contributed by atoms with Crippen molar-refractivity contribution in [2.24, 2.45) is 11.1 Å². The summed E-state index contributed by atoms with van der Waals surface area (Å²) in [6, 6.07) is 2.13. The molecule has 0 amide bonds. The molecule has 68 valence electrons. The summed E-state index contributed by atoms with van der Waals surface area (Å²) in [7, 11) is -1.52. The lowest BCUT2D eigenvalue weighted by molar-refractivity contribution is 0.336. The predicted molar refractivity (Wildman–Crippen MR) is 52.3 cm³/mol. The number of nitriles is 1. The Bertz CT molecular complexity index is 190. The van der Waals surface area contributed by atoms with E-state index in [4.69, 9.17) is 9.79 Å². The molecule has 0 saturated heterocycles. The first kappa shape index (κ1) is 11.2. The third kappa shape index (κ3) is 7.29. The van der Waals surface area contributed by atoms with Crippen LogP contribution in [0.4, 0.5) is 0 Å². The molecule has 0 rings (SSSR count). The van der Waals surface area contributed by atoms with Gasteiger partial charge in [0.25, 0.3) is 8.32 Å². The number of oxime groups is 1. The summed E-state index contributed by atoms with van der Waals surface area (Å²) >= 11 is 0. The molecule has 0 aromatic carbocycles. The van der Waals surface area contributed by atoms with Crippen LogP contribution in [-0.2, 0) is 4.53 Å². The molecule has 0 heterocycles. The van der Waals surface area contributed by atoms with Gasteiger partial charge >= 0.3 is 0 Å². The highest BCUT2D eigenvalue weighted by Gasteiger charge is 2.15. The lowest BCUT2D eigenvalue weighted by Gasteiger charge is -2.11. The molecule has 0 aliphatic carbocycles. The minimum atomic E-state index is -1.52. The SMILES string of the molecule is CC(C#N)CC=NO[Si](C)(C)C. The van der Waals surface area contributed by atoms with Gasteiger partial charge in [-0.15, -0.1) is 5.16 Å². The van der Waals surface area contributed by atoms with E-state index in [2.05, 4.69) is 30.9 Å². The van der Waals surface area contributed by atoms with Gasteiger partial charge < -0.3 is 4.53 Å². The zero-order valence-electron chi connectivity index (χ0n) is 8.16. The average Bonchev–Trinajstić information content (AvgIpc) is 1.96. The Morgan fingerprint density at radius 1 is 1.58 bits per heavy atom. The highest BCUT2D eigenvalue weighted by molar-refractivity contribution is 6.69. The van der Waals surface area contributed by atoms with E-state index in [1.807, 2.05) is 6.92 Å². The smallest absolute Gasteiger partial charge is 0.278 e. The van der Waals surface area contributed by atoms with Crippen LogP contribution in [0.3, 0.4) is 0 Å². The molecule has 0 aromatic heterocycles. The van der Waals surface area contributed by atoms with Crippen LogP contribution in [0.15, 0.2) is 5.16 Å². The zero-order chi connectivity index (χ0) is 9.61. The van der Waals surface area contributed by atoms with Gasteiger partial charge in [-0.2, -0.15) is 5.26 Å². The Labute approximate surface area is 75.2 Å². The fourth-order valence-corrected chi connectivity index (χ4v) is 0.840. The summed E-state index contributed by atoms with van der Waals surface area (Å²) in [5.41, 5.74) is 0. The molecule has 0 aliphatic rings. The number of hydrogen-bond donors (Lipinski definition) is 0. The normalized spacial score (nSPS) is 14.2. The van der Waals surface area contributed by atoms with E-state index in [-0.39, 0.29) is 5.92 Å². The summed E-state index contributed by atoms with van der Waals surface area (Å²) in [6.45, 7) is 8.06. The van der Waals surface area contributed by atoms with Crippen LogP contribution in [0.1, 0.15) is 13.3 Å². The van der Waals surface area contributed by atoms with Gasteiger partial charge in [0, 0.05) is 18.6 Å². The number of rotatable bonds is 4. The molecule has 12 heavy (non-hydrogen) atoms. The highest BCUT2D eigenvalue weighted by atomic mass is 28.4. The minimum Gasteiger partial charge on any atom is -0.456 e. The van der Waals surface area contributed by atoms with Crippen molar-refractivity contribution in [3.63, 3.8) is 0 Å². The summed E-state index contributed by atoms with van der Waals surface area (Å²) in [6.07, 6.45) is 2.34. The van der Waals surface area contributed by atoms with Crippen LogP contribution >= 0.6 is 0 Å². The molecule has 1 unspecified atom stereocenters. The van der Waals surface area contributed by atoms with Gasteiger partial charge in [-0.1, -0.05) is 0 Å². The van der Waals surface area contributed by atoms with Gasteiger partial charge in [-0.25, -0.2) is 0 Å². The molecule has 4 heteroatoms. The lowest BCUT2D eigenvalue weighted by Crippen LogP contribution is -2.22. The second-order valence-electron chi connectivity index (χ2n) is 3.76. The maximum atomic E-state index is 8.45.